The number of likely N-dealkylation sites (tertiary alicyclic amines) is 1. The smallest absolute Gasteiger partial charge is 0.0693 e. The zero-order valence-electron chi connectivity index (χ0n) is 9.13. The first kappa shape index (κ1) is 10.6. The van der Waals surface area contributed by atoms with E-state index in [1.54, 1.807) is 0 Å². The molecule has 1 saturated heterocycles. The summed E-state index contributed by atoms with van der Waals surface area (Å²) < 4.78 is 0. The minimum absolute atomic E-state index is 0.178. The average Bonchev–Trinajstić information content (AvgIpc) is 2.25. The third kappa shape index (κ3) is 2.76. The third-order valence-electron chi connectivity index (χ3n) is 3.11. The van der Waals surface area contributed by atoms with E-state index >= 15 is 0 Å². The number of hydrogen-bond donors (Lipinski definition) is 1. The molecule has 1 N–H and O–H groups in total. The monoisotopic (exact) mass is 206 g/mol. The molecule has 2 rings (SSSR count). The summed E-state index contributed by atoms with van der Waals surface area (Å²) in [7, 11) is 0. The molecule has 15 heavy (non-hydrogen) atoms. The van der Waals surface area contributed by atoms with E-state index in [4.69, 9.17) is 0 Å². The molecule has 0 amide bonds. The van der Waals surface area contributed by atoms with E-state index in [0.29, 0.717) is 5.92 Å². The number of aliphatic hydroxyl groups is 1. The van der Waals surface area contributed by atoms with Gasteiger partial charge in [-0.2, -0.15) is 0 Å². The minimum Gasteiger partial charge on any atom is -0.392 e. The average molecular weight is 206 g/mol. The van der Waals surface area contributed by atoms with E-state index in [9.17, 15) is 5.11 Å². The molecular weight excluding hydrogens is 188 g/mol. The molecule has 3 heteroatoms. The molecule has 0 saturated carbocycles. The van der Waals surface area contributed by atoms with Crippen LogP contribution < -0.4 is 0 Å². The van der Waals surface area contributed by atoms with Crippen molar-refractivity contribution >= 4 is 0 Å². The van der Waals surface area contributed by atoms with Crippen LogP contribution in [0.3, 0.4) is 0 Å². The molecule has 0 aliphatic carbocycles. The first-order chi connectivity index (χ1) is 7.25. The van der Waals surface area contributed by atoms with Crippen molar-refractivity contribution in [3.8, 4) is 0 Å². The standard InChI is InChI=1S/C12H18N2O/c1-10-5-7-14(9-12(10)15)8-11-4-2-3-6-13-11/h2-4,6,10,12,15H,5,7-9H2,1H3. The molecule has 2 unspecified atom stereocenters. The van der Waals surface area contributed by atoms with Crippen LogP contribution in [0.2, 0.25) is 0 Å². The van der Waals surface area contributed by atoms with Gasteiger partial charge in [-0.05, 0) is 31.0 Å². The number of pyridine rings is 1. The molecule has 0 spiro atoms. The normalized spacial score (nSPS) is 27.9. The van der Waals surface area contributed by atoms with Crippen molar-refractivity contribution in [3.63, 3.8) is 0 Å². The second-order valence-electron chi connectivity index (χ2n) is 4.39. The van der Waals surface area contributed by atoms with Gasteiger partial charge < -0.3 is 5.11 Å². The second kappa shape index (κ2) is 4.73. The Balaban J connectivity index is 1.91. The molecule has 1 fully saturated rings. The Morgan fingerprint density at radius 1 is 1.53 bits per heavy atom. The lowest BCUT2D eigenvalue weighted by Crippen LogP contribution is -2.42. The van der Waals surface area contributed by atoms with Gasteiger partial charge in [0.25, 0.3) is 0 Å². The van der Waals surface area contributed by atoms with Crippen LogP contribution in [0.15, 0.2) is 24.4 Å². The van der Waals surface area contributed by atoms with E-state index in [2.05, 4.69) is 16.8 Å². The lowest BCUT2D eigenvalue weighted by Gasteiger charge is -2.33. The van der Waals surface area contributed by atoms with Gasteiger partial charge in [0, 0.05) is 19.3 Å². The molecule has 1 aromatic rings. The Kier molecular flexibility index (Phi) is 3.34. The largest absolute Gasteiger partial charge is 0.392 e. The molecular formula is C12H18N2O. The third-order valence-corrected chi connectivity index (χ3v) is 3.11. The Hall–Kier alpha value is -0.930. The molecule has 0 aromatic carbocycles. The number of β-amino-alcohol motifs (C(OH)–C–C–N with tert-alkyl or cyclic N) is 1. The van der Waals surface area contributed by atoms with E-state index in [1.807, 2.05) is 24.4 Å². The first-order valence-corrected chi connectivity index (χ1v) is 5.56. The number of piperidine rings is 1. The fraction of sp³-hybridized carbons (Fsp3) is 0.583. The fourth-order valence-electron chi connectivity index (χ4n) is 1.98. The van der Waals surface area contributed by atoms with Gasteiger partial charge in [0.15, 0.2) is 0 Å². The molecule has 0 radical (unpaired) electrons. The van der Waals surface area contributed by atoms with Crippen molar-refractivity contribution in [2.45, 2.75) is 26.0 Å². The van der Waals surface area contributed by atoms with Crippen LogP contribution in [0, 0.1) is 5.92 Å². The van der Waals surface area contributed by atoms with Crippen molar-refractivity contribution in [1.82, 2.24) is 9.88 Å². The van der Waals surface area contributed by atoms with Gasteiger partial charge in [-0.3, -0.25) is 9.88 Å². The zero-order chi connectivity index (χ0) is 10.7. The Bertz CT molecular complexity index is 302. The summed E-state index contributed by atoms with van der Waals surface area (Å²) in [6, 6.07) is 5.96. The van der Waals surface area contributed by atoms with Crippen molar-refractivity contribution < 1.29 is 5.11 Å². The highest BCUT2D eigenvalue weighted by Crippen LogP contribution is 2.18. The van der Waals surface area contributed by atoms with Gasteiger partial charge >= 0.3 is 0 Å². The number of hydrogen-bond acceptors (Lipinski definition) is 3. The van der Waals surface area contributed by atoms with Gasteiger partial charge in [-0.15, -0.1) is 0 Å². The first-order valence-electron chi connectivity index (χ1n) is 5.56. The summed E-state index contributed by atoms with van der Waals surface area (Å²) in [5, 5.41) is 9.76. The van der Waals surface area contributed by atoms with Gasteiger partial charge in [0.1, 0.15) is 0 Å². The van der Waals surface area contributed by atoms with Gasteiger partial charge in [0.2, 0.25) is 0 Å². The van der Waals surface area contributed by atoms with Crippen molar-refractivity contribution in [2.75, 3.05) is 13.1 Å². The van der Waals surface area contributed by atoms with Crippen molar-refractivity contribution in [1.29, 1.82) is 0 Å². The molecule has 0 bridgehead atoms. The summed E-state index contributed by atoms with van der Waals surface area (Å²) in [4.78, 5) is 6.56. The van der Waals surface area contributed by atoms with Crippen LogP contribution in [0.4, 0.5) is 0 Å². The van der Waals surface area contributed by atoms with Crippen LogP contribution in [0.5, 0.6) is 0 Å². The quantitative estimate of drug-likeness (QED) is 0.792. The van der Waals surface area contributed by atoms with Crippen LogP contribution in [-0.2, 0) is 6.54 Å². The highest BCUT2D eigenvalue weighted by Gasteiger charge is 2.24. The minimum atomic E-state index is -0.178. The SMILES string of the molecule is CC1CCN(Cc2ccccn2)CC1O. The van der Waals surface area contributed by atoms with E-state index in [0.717, 1.165) is 31.7 Å². The Morgan fingerprint density at radius 2 is 2.40 bits per heavy atom. The van der Waals surface area contributed by atoms with Gasteiger partial charge in [0.05, 0.1) is 11.8 Å². The summed E-state index contributed by atoms with van der Waals surface area (Å²) in [6.45, 7) is 4.81. The van der Waals surface area contributed by atoms with Crippen LogP contribution in [0.25, 0.3) is 0 Å². The summed E-state index contributed by atoms with van der Waals surface area (Å²) in [6.07, 6.45) is 2.72. The van der Waals surface area contributed by atoms with Crippen LogP contribution in [-0.4, -0.2) is 34.2 Å². The number of nitrogens with zero attached hydrogens (tertiary/aromatic N) is 2. The van der Waals surface area contributed by atoms with Gasteiger partial charge in [-0.1, -0.05) is 13.0 Å². The molecule has 2 atom stereocenters. The van der Waals surface area contributed by atoms with E-state index in [-0.39, 0.29) is 6.10 Å². The second-order valence-corrected chi connectivity index (χ2v) is 4.39. The molecule has 1 aromatic heterocycles. The fourth-order valence-corrected chi connectivity index (χ4v) is 1.98. The van der Waals surface area contributed by atoms with E-state index in [1.165, 1.54) is 0 Å². The number of rotatable bonds is 2. The lowest BCUT2D eigenvalue weighted by molar-refractivity contribution is 0.0254. The molecule has 2 heterocycles. The molecule has 1 aliphatic heterocycles. The number of aromatic nitrogens is 1. The topological polar surface area (TPSA) is 36.4 Å². The van der Waals surface area contributed by atoms with E-state index < -0.39 is 0 Å². The highest BCUT2D eigenvalue weighted by atomic mass is 16.3. The van der Waals surface area contributed by atoms with Gasteiger partial charge in [-0.25, -0.2) is 0 Å². The summed E-state index contributed by atoms with van der Waals surface area (Å²) >= 11 is 0. The predicted octanol–water partition coefficient (Wildman–Crippen LogP) is 1.28. The summed E-state index contributed by atoms with van der Waals surface area (Å²) in [5.41, 5.74) is 1.08. The summed E-state index contributed by atoms with van der Waals surface area (Å²) in [5.74, 6) is 0.435. The molecule has 1 aliphatic rings. The van der Waals surface area contributed by atoms with Crippen LogP contribution in [0.1, 0.15) is 19.0 Å². The molecule has 3 nitrogen and oxygen atoms in total. The Morgan fingerprint density at radius 3 is 3.07 bits per heavy atom. The lowest BCUT2D eigenvalue weighted by atomic mass is 9.96. The van der Waals surface area contributed by atoms with Crippen molar-refractivity contribution in [2.24, 2.45) is 5.92 Å². The van der Waals surface area contributed by atoms with Crippen LogP contribution >= 0.6 is 0 Å². The maximum absolute atomic E-state index is 9.76. The number of aliphatic hydroxyl groups excluding tert-OH is 1. The predicted molar refractivity (Wildman–Crippen MR) is 59.3 cm³/mol. The van der Waals surface area contributed by atoms with Crippen molar-refractivity contribution in [3.05, 3.63) is 30.1 Å². The zero-order valence-corrected chi connectivity index (χ0v) is 9.13. The Labute approximate surface area is 90.8 Å². The maximum Gasteiger partial charge on any atom is 0.0693 e. The maximum atomic E-state index is 9.76. The highest BCUT2D eigenvalue weighted by molar-refractivity contribution is 5.03. The molecule has 82 valence electrons.